The third kappa shape index (κ3) is 2.69. The molecule has 0 bridgehead atoms. The van der Waals surface area contributed by atoms with Gasteiger partial charge in [0.15, 0.2) is 0 Å². The molecule has 1 N–H and O–H groups in total. The molecule has 1 heterocycles. The van der Waals surface area contributed by atoms with E-state index in [9.17, 15) is 9.90 Å². The molecule has 0 aliphatic carbocycles. The molecule has 1 aromatic carbocycles. The van der Waals surface area contributed by atoms with E-state index in [-0.39, 0.29) is 17.7 Å². The van der Waals surface area contributed by atoms with Crippen molar-refractivity contribution in [1.82, 2.24) is 4.90 Å². The standard InChI is InChI=1S/C14H18BrNO2/c1-9-3-4-10(2)16(8-9)14(18)11-5-6-12(15)13(17)7-11/h5-7,9-10,17H,3-4,8H2,1-2H3. The maximum atomic E-state index is 12.4. The SMILES string of the molecule is CC1CCC(C)N(C(=O)c2ccc(Br)c(O)c2)C1. The van der Waals surface area contributed by atoms with Crippen LogP contribution in [0.4, 0.5) is 0 Å². The molecular formula is C14H18BrNO2. The van der Waals surface area contributed by atoms with Gasteiger partial charge in [0.05, 0.1) is 4.47 Å². The van der Waals surface area contributed by atoms with Gasteiger partial charge in [0.25, 0.3) is 5.91 Å². The summed E-state index contributed by atoms with van der Waals surface area (Å²) in [5.74, 6) is 0.671. The molecule has 1 aliphatic rings. The monoisotopic (exact) mass is 311 g/mol. The third-order valence-electron chi connectivity index (χ3n) is 3.57. The normalized spacial score (nSPS) is 24.1. The molecule has 0 aromatic heterocycles. The van der Waals surface area contributed by atoms with Crippen LogP contribution >= 0.6 is 15.9 Å². The van der Waals surface area contributed by atoms with E-state index in [1.807, 2.05) is 4.90 Å². The molecule has 2 rings (SSSR count). The number of amides is 1. The Balaban J connectivity index is 2.21. The van der Waals surface area contributed by atoms with Crippen LogP contribution in [0, 0.1) is 5.92 Å². The molecule has 4 heteroatoms. The van der Waals surface area contributed by atoms with Crippen molar-refractivity contribution in [3.8, 4) is 5.75 Å². The average Bonchev–Trinajstić information content (AvgIpc) is 2.35. The van der Waals surface area contributed by atoms with Crippen LogP contribution in [-0.4, -0.2) is 28.5 Å². The topological polar surface area (TPSA) is 40.5 Å². The summed E-state index contributed by atoms with van der Waals surface area (Å²) >= 11 is 3.22. The van der Waals surface area contributed by atoms with Crippen molar-refractivity contribution in [2.45, 2.75) is 32.7 Å². The van der Waals surface area contributed by atoms with Gasteiger partial charge in [-0.1, -0.05) is 6.92 Å². The van der Waals surface area contributed by atoms with Gasteiger partial charge in [0.2, 0.25) is 0 Å². The molecule has 98 valence electrons. The predicted molar refractivity (Wildman–Crippen MR) is 74.7 cm³/mol. The van der Waals surface area contributed by atoms with E-state index in [1.165, 1.54) is 12.5 Å². The second-order valence-corrected chi connectivity index (χ2v) is 6.01. The highest BCUT2D eigenvalue weighted by Gasteiger charge is 2.27. The van der Waals surface area contributed by atoms with Gasteiger partial charge in [-0.3, -0.25) is 4.79 Å². The number of hydrogen-bond donors (Lipinski definition) is 1. The summed E-state index contributed by atoms with van der Waals surface area (Å²) in [6.45, 7) is 5.06. The summed E-state index contributed by atoms with van der Waals surface area (Å²) in [7, 11) is 0. The van der Waals surface area contributed by atoms with Crippen molar-refractivity contribution >= 4 is 21.8 Å². The summed E-state index contributed by atoms with van der Waals surface area (Å²) in [6.07, 6.45) is 2.23. The Labute approximate surface area is 116 Å². The fourth-order valence-electron chi connectivity index (χ4n) is 2.38. The van der Waals surface area contributed by atoms with Crippen molar-refractivity contribution in [2.24, 2.45) is 5.92 Å². The number of likely N-dealkylation sites (tertiary alicyclic amines) is 1. The Bertz CT molecular complexity index is 461. The molecule has 3 nitrogen and oxygen atoms in total. The number of phenols is 1. The van der Waals surface area contributed by atoms with E-state index in [1.54, 1.807) is 12.1 Å². The maximum Gasteiger partial charge on any atom is 0.254 e. The van der Waals surface area contributed by atoms with E-state index < -0.39 is 0 Å². The Kier molecular flexibility index (Phi) is 3.95. The number of hydrogen-bond acceptors (Lipinski definition) is 2. The van der Waals surface area contributed by atoms with Crippen LogP contribution in [0.3, 0.4) is 0 Å². The number of aromatic hydroxyl groups is 1. The number of nitrogens with zero attached hydrogens (tertiary/aromatic N) is 1. The molecule has 0 spiro atoms. The zero-order valence-corrected chi connectivity index (χ0v) is 12.3. The molecule has 0 radical (unpaired) electrons. The molecule has 1 aromatic rings. The highest BCUT2D eigenvalue weighted by Crippen LogP contribution is 2.27. The molecule has 18 heavy (non-hydrogen) atoms. The number of piperidine rings is 1. The molecule has 2 unspecified atom stereocenters. The number of phenolic OH excluding ortho intramolecular Hbond substituents is 1. The lowest BCUT2D eigenvalue weighted by Gasteiger charge is -2.36. The number of carbonyl (C=O) groups excluding carboxylic acids is 1. The Morgan fingerprint density at radius 2 is 2.11 bits per heavy atom. The Hall–Kier alpha value is -1.03. The second kappa shape index (κ2) is 5.31. The van der Waals surface area contributed by atoms with E-state index in [0.29, 0.717) is 16.0 Å². The van der Waals surface area contributed by atoms with Gasteiger partial charge < -0.3 is 10.0 Å². The first-order chi connectivity index (χ1) is 8.49. The molecule has 1 saturated heterocycles. The van der Waals surface area contributed by atoms with E-state index >= 15 is 0 Å². The predicted octanol–water partition coefficient (Wildman–Crippen LogP) is 3.42. The van der Waals surface area contributed by atoms with Gasteiger partial charge in [-0.25, -0.2) is 0 Å². The van der Waals surface area contributed by atoms with Crippen LogP contribution in [0.5, 0.6) is 5.75 Å². The summed E-state index contributed by atoms with van der Waals surface area (Å²) in [5.41, 5.74) is 0.552. The van der Waals surface area contributed by atoms with Crippen LogP contribution in [0.25, 0.3) is 0 Å². The van der Waals surface area contributed by atoms with Crippen molar-refractivity contribution in [1.29, 1.82) is 0 Å². The minimum absolute atomic E-state index is 0.0110. The van der Waals surface area contributed by atoms with E-state index in [2.05, 4.69) is 29.8 Å². The molecule has 1 amide bonds. The lowest BCUT2D eigenvalue weighted by atomic mass is 9.94. The van der Waals surface area contributed by atoms with E-state index in [4.69, 9.17) is 0 Å². The van der Waals surface area contributed by atoms with Gasteiger partial charge in [0, 0.05) is 18.2 Å². The minimum atomic E-state index is 0.0110. The lowest BCUT2D eigenvalue weighted by molar-refractivity contribution is 0.0573. The van der Waals surface area contributed by atoms with Crippen molar-refractivity contribution in [3.05, 3.63) is 28.2 Å². The Morgan fingerprint density at radius 1 is 1.39 bits per heavy atom. The van der Waals surface area contributed by atoms with Gasteiger partial charge in [-0.15, -0.1) is 0 Å². The van der Waals surface area contributed by atoms with Crippen molar-refractivity contribution in [3.63, 3.8) is 0 Å². The second-order valence-electron chi connectivity index (χ2n) is 5.16. The van der Waals surface area contributed by atoms with Crippen LogP contribution in [0.2, 0.25) is 0 Å². The smallest absolute Gasteiger partial charge is 0.254 e. The molecule has 1 aliphatic heterocycles. The minimum Gasteiger partial charge on any atom is -0.507 e. The third-order valence-corrected chi connectivity index (χ3v) is 4.24. The van der Waals surface area contributed by atoms with Gasteiger partial charge in [-0.2, -0.15) is 0 Å². The molecule has 0 saturated carbocycles. The van der Waals surface area contributed by atoms with Gasteiger partial charge in [-0.05, 0) is 59.8 Å². The zero-order chi connectivity index (χ0) is 13.3. The maximum absolute atomic E-state index is 12.4. The number of rotatable bonds is 1. The lowest BCUT2D eigenvalue weighted by Crippen LogP contribution is -2.44. The zero-order valence-electron chi connectivity index (χ0n) is 10.7. The van der Waals surface area contributed by atoms with Crippen LogP contribution < -0.4 is 0 Å². The summed E-state index contributed by atoms with van der Waals surface area (Å²) < 4.78 is 0.610. The van der Waals surface area contributed by atoms with Crippen LogP contribution in [0.15, 0.2) is 22.7 Å². The largest absolute Gasteiger partial charge is 0.507 e. The van der Waals surface area contributed by atoms with Crippen LogP contribution in [-0.2, 0) is 0 Å². The Morgan fingerprint density at radius 3 is 2.78 bits per heavy atom. The van der Waals surface area contributed by atoms with Gasteiger partial charge >= 0.3 is 0 Å². The first kappa shape index (κ1) is 13.4. The number of carbonyl (C=O) groups is 1. The summed E-state index contributed by atoms with van der Waals surface area (Å²) in [5, 5.41) is 9.65. The molecule has 1 fully saturated rings. The highest BCUT2D eigenvalue weighted by molar-refractivity contribution is 9.10. The molecule has 2 atom stereocenters. The highest BCUT2D eigenvalue weighted by atomic mass is 79.9. The number of halogens is 1. The average molecular weight is 312 g/mol. The van der Waals surface area contributed by atoms with Gasteiger partial charge in [0.1, 0.15) is 5.75 Å². The fourth-order valence-corrected chi connectivity index (χ4v) is 2.63. The molecular weight excluding hydrogens is 294 g/mol. The first-order valence-corrected chi connectivity index (χ1v) is 7.08. The summed E-state index contributed by atoms with van der Waals surface area (Å²) in [4.78, 5) is 14.3. The van der Waals surface area contributed by atoms with Crippen molar-refractivity contribution < 1.29 is 9.90 Å². The van der Waals surface area contributed by atoms with Crippen LogP contribution in [0.1, 0.15) is 37.0 Å². The fraction of sp³-hybridized carbons (Fsp3) is 0.500. The number of benzene rings is 1. The quantitative estimate of drug-likeness (QED) is 0.863. The van der Waals surface area contributed by atoms with Crippen molar-refractivity contribution in [2.75, 3.05) is 6.54 Å². The summed E-state index contributed by atoms with van der Waals surface area (Å²) in [6, 6.07) is 5.26. The first-order valence-electron chi connectivity index (χ1n) is 6.28. The van der Waals surface area contributed by atoms with E-state index in [0.717, 1.165) is 13.0 Å².